The lowest BCUT2D eigenvalue weighted by Crippen LogP contribution is -2.21. The summed E-state index contributed by atoms with van der Waals surface area (Å²) in [5.41, 5.74) is 0.843. The maximum absolute atomic E-state index is 11.1. The molecule has 1 aromatic carbocycles. The Balaban J connectivity index is 2.85. The largest absolute Gasteiger partial charge is 0.265 e. The number of hydrogen-bond acceptors (Lipinski definition) is 3. The molecule has 0 radical (unpaired) electrons. The molecule has 0 saturated heterocycles. The van der Waals surface area contributed by atoms with Gasteiger partial charge in [-0.3, -0.25) is 4.18 Å². The molecular formula is C13H16O3S. The molecule has 0 spiro atoms. The molecule has 0 aliphatic heterocycles. The zero-order valence-electron chi connectivity index (χ0n) is 10.2. The molecule has 0 aliphatic rings. The lowest BCUT2D eigenvalue weighted by molar-refractivity contribution is 0.216. The van der Waals surface area contributed by atoms with Crippen molar-refractivity contribution in [1.29, 1.82) is 0 Å². The highest BCUT2D eigenvalue weighted by Crippen LogP contribution is 2.09. The fourth-order valence-corrected chi connectivity index (χ4v) is 1.81. The lowest BCUT2D eigenvalue weighted by atomic mass is 10.1. The van der Waals surface area contributed by atoms with Crippen LogP contribution in [0.1, 0.15) is 19.4 Å². The third-order valence-electron chi connectivity index (χ3n) is 2.02. The van der Waals surface area contributed by atoms with Crippen LogP contribution < -0.4 is 0 Å². The first-order valence-corrected chi connectivity index (χ1v) is 7.15. The highest BCUT2D eigenvalue weighted by Gasteiger charge is 2.16. The molecular weight excluding hydrogens is 236 g/mol. The fourth-order valence-electron chi connectivity index (χ4n) is 1.17. The van der Waals surface area contributed by atoms with Gasteiger partial charge in [-0.05, 0) is 18.1 Å². The second kappa shape index (κ2) is 5.85. The molecule has 0 N–H and O–H groups in total. The summed E-state index contributed by atoms with van der Waals surface area (Å²) in [4.78, 5) is 0. The second-order valence-corrected chi connectivity index (χ2v) is 5.70. The molecule has 0 bridgehead atoms. The van der Waals surface area contributed by atoms with Crippen LogP contribution in [-0.2, 0) is 14.3 Å². The average Bonchev–Trinajstić information content (AvgIpc) is 2.24. The Hall–Kier alpha value is -1.31. The van der Waals surface area contributed by atoms with Gasteiger partial charge in [0.25, 0.3) is 10.1 Å². The molecule has 4 heteroatoms. The maximum atomic E-state index is 11.1. The highest BCUT2D eigenvalue weighted by molar-refractivity contribution is 7.86. The van der Waals surface area contributed by atoms with Gasteiger partial charge in [0.2, 0.25) is 0 Å². The van der Waals surface area contributed by atoms with Crippen molar-refractivity contribution in [2.45, 2.75) is 20.0 Å². The second-order valence-electron chi connectivity index (χ2n) is 4.10. The van der Waals surface area contributed by atoms with Crippen LogP contribution in [-0.4, -0.2) is 20.8 Å². The van der Waals surface area contributed by atoms with Crippen LogP contribution in [0, 0.1) is 17.8 Å². The van der Waals surface area contributed by atoms with E-state index in [0.717, 1.165) is 11.8 Å². The monoisotopic (exact) mass is 252 g/mol. The first-order valence-electron chi connectivity index (χ1n) is 5.33. The van der Waals surface area contributed by atoms with Gasteiger partial charge in [0, 0.05) is 5.56 Å². The summed E-state index contributed by atoms with van der Waals surface area (Å²) in [5.74, 6) is 5.76. The molecule has 17 heavy (non-hydrogen) atoms. The van der Waals surface area contributed by atoms with E-state index in [-0.39, 0.29) is 5.92 Å². The minimum absolute atomic E-state index is 0.0148. The Morgan fingerprint density at radius 1 is 1.18 bits per heavy atom. The summed E-state index contributed by atoms with van der Waals surface area (Å²) >= 11 is 0. The summed E-state index contributed by atoms with van der Waals surface area (Å²) in [6.45, 7) is 3.74. The molecule has 0 aromatic heterocycles. The highest BCUT2D eigenvalue weighted by atomic mass is 32.2. The molecule has 3 nitrogen and oxygen atoms in total. The minimum atomic E-state index is -3.48. The van der Waals surface area contributed by atoms with Gasteiger partial charge in [-0.1, -0.05) is 43.9 Å². The van der Waals surface area contributed by atoms with E-state index in [0.29, 0.717) is 0 Å². The van der Waals surface area contributed by atoms with Crippen molar-refractivity contribution < 1.29 is 12.6 Å². The summed E-state index contributed by atoms with van der Waals surface area (Å²) in [7, 11) is -3.48. The Morgan fingerprint density at radius 3 is 2.24 bits per heavy atom. The Kier molecular flexibility index (Phi) is 4.73. The smallest absolute Gasteiger partial charge is 0.254 e. The van der Waals surface area contributed by atoms with Gasteiger partial charge >= 0.3 is 0 Å². The van der Waals surface area contributed by atoms with Crippen LogP contribution in [0.2, 0.25) is 0 Å². The standard InChI is InChI=1S/C13H16O3S/c1-11(2)13(16-17(3,14)15)10-9-12-7-5-4-6-8-12/h4-8,11,13H,1-3H3/t13-/m0/s1. The zero-order valence-corrected chi connectivity index (χ0v) is 11.0. The molecule has 1 atom stereocenters. The maximum Gasteiger partial charge on any atom is 0.265 e. The predicted molar refractivity (Wildman–Crippen MR) is 67.9 cm³/mol. The van der Waals surface area contributed by atoms with Gasteiger partial charge in [-0.25, -0.2) is 0 Å². The SMILES string of the molecule is CC(C)[C@H](C#Cc1ccccc1)OS(C)(=O)=O. The molecule has 0 unspecified atom stereocenters. The van der Waals surface area contributed by atoms with Crippen molar-refractivity contribution in [3.8, 4) is 11.8 Å². The van der Waals surface area contributed by atoms with Crippen LogP contribution >= 0.6 is 0 Å². The topological polar surface area (TPSA) is 43.4 Å². The van der Waals surface area contributed by atoms with E-state index in [9.17, 15) is 8.42 Å². The van der Waals surface area contributed by atoms with E-state index in [1.165, 1.54) is 0 Å². The molecule has 0 saturated carbocycles. The Morgan fingerprint density at radius 2 is 1.76 bits per heavy atom. The van der Waals surface area contributed by atoms with E-state index in [1.54, 1.807) is 0 Å². The molecule has 92 valence electrons. The van der Waals surface area contributed by atoms with Crippen molar-refractivity contribution in [3.05, 3.63) is 35.9 Å². The molecule has 0 heterocycles. The van der Waals surface area contributed by atoms with Gasteiger partial charge < -0.3 is 0 Å². The van der Waals surface area contributed by atoms with E-state index in [4.69, 9.17) is 4.18 Å². The van der Waals surface area contributed by atoms with Crippen molar-refractivity contribution >= 4 is 10.1 Å². The molecule has 1 aromatic rings. The van der Waals surface area contributed by atoms with Crippen LogP contribution in [0.5, 0.6) is 0 Å². The minimum Gasteiger partial charge on any atom is -0.254 e. The number of benzene rings is 1. The quantitative estimate of drug-likeness (QED) is 0.611. The fraction of sp³-hybridized carbons (Fsp3) is 0.385. The van der Waals surface area contributed by atoms with Gasteiger partial charge in [0.05, 0.1) is 6.26 Å². The molecule has 0 aliphatic carbocycles. The summed E-state index contributed by atoms with van der Waals surface area (Å²) in [6.07, 6.45) is 0.428. The van der Waals surface area contributed by atoms with E-state index < -0.39 is 16.2 Å². The van der Waals surface area contributed by atoms with E-state index in [1.807, 2.05) is 44.2 Å². The zero-order chi connectivity index (χ0) is 12.9. The van der Waals surface area contributed by atoms with Crippen LogP contribution in [0.4, 0.5) is 0 Å². The van der Waals surface area contributed by atoms with E-state index >= 15 is 0 Å². The van der Waals surface area contributed by atoms with Gasteiger partial charge in [0.15, 0.2) is 0 Å². The van der Waals surface area contributed by atoms with E-state index in [2.05, 4.69) is 11.8 Å². The van der Waals surface area contributed by atoms with Gasteiger partial charge in [0.1, 0.15) is 6.10 Å². The number of hydrogen-bond donors (Lipinski definition) is 0. The van der Waals surface area contributed by atoms with Crippen molar-refractivity contribution in [3.63, 3.8) is 0 Å². The lowest BCUT2D eigenvalue weighted by Gasteiger charge is -2.13. The summed E-state index contributed by atoms with van der Waals surface area (Å²) in [6, 6.07) is 9.39. The van der Waals surface area contributed by atoms with Crippen LogP contribution in [0.15, 0.2) is 30.3 Å². The summed E-state index contributed by atoms with van der Waals surface area (Å²) < 4.78 is 27.1. The predicted octanol–water partition coefficient (Wildman–Crippen LogP) is 2.04. The first-order chi connectivity index (χ1) is 7.88. The Labute approximate surface area is 103 Å². The van der Waals surface area contributed by atoms with Crippen molar-refractivity contribution in [1.82, 2.24) is 0 Å². The normalized spacial score (nSPS) is 12.9. The molecule has 0 fully saturated rings. The summed E-state index contributed by atoms with van der Waals surface area (Å²) in [5, 5.41) is 0. The van der Waals surface area contributed by atoms with Crippen LogP contribution in [0.3, 0.4) is 0 Å². The van der Waals surface area contributed by atoms with Gasteiger partial charge in [-0.15, -0.1) is 0 Å². The average molecular weight is 252 g/mol. The molecule has 0 amide bonds. The number of rotatable bonds is 3. The van der Waals surface area contributed by atoms with Crippen molar-refractivity contribution in [2.24, 2.45) is 5.92 Å². The first kappa shape index (κ1) is 13.8. The van der Waals surface area contributed by atoms with Crippen LogP contribution in [0.25, 0.3) is 0 Å². The van der Waals surface area contributed by atoms with Gasteiger partial charge in [-0.2, -0.15) is 8.42 Å². The van der Waals surface area contributed by atoms with Crippen molar-refractivity contribution in [2.75, 3.05) is 6.26 Å². The molecule has 1 rings (SSSR count). The Bertz CT molecular complexity index is 507. The third kappa shape index (κ3) is 5.53. The third-order valence-corrected chi connectivity index (χ3v) is 2.57.